The van der Waals surface area contributed by atoms with E-state index < -0.39 is 0 Å². The Labute approximate surface area is 106 Å². The van der Waals surface area contributed by atoms with Crippen LogP contribution in [0.3, 0.4) is 0 Å². The van der Waals surface area contributed by atoms with Crippen LogP contribution in [0.2, 0.25) is 0 Å². The smallest absolute Gasteiger partial charge is 0.120 e. The van der Waals surface area contributed by atoms with Crippen LogP contribution in [0.1, 0.15) is 18.9 Å². The highest BCUT2D eigenvalue weighted by molar-refractivity contribution is 5.94. The molecule has 1 heterocycles. The summed E-state index contributed by atoms with van der Waals surface area (Å²) in [7, 11) is 1.80. The Kier molecular flexibility index (Phi) is 3.63. The topological polar surface area (TPSA) is 57.9 Å². The van der Waals surface area contributed by atoms with E-state index in [0.717, 1.165) is 28.8 Å². The Bertz CT molecular complexity index is 602. The number of nitriles is 1. The van der Waals surface area contributed by atoms with Crippen LogP contribution in [0.4, 0.5) is 5.69 Å². The van der Waals surface area contributed by atoms with Crippen LogP contribution < -0.4 is 10.1 Å². The molecule has 1 aromatic heterocycles. The number of nitrogens with one attached hydrogen (secondary N) is 1. The Morgan fingerprint density at radius 1 is 1.44 bits per heavy atom. The van der Waals surface area contributed by atoms with E-state index in [1.165, 1.54) is 0 Å². The van der Waals surface area contributed by atoms with Crippen LogP contribution in [0.15, 0.2) is 24.4 Å². The molecule has 0 saturated heterocycles. The summed E-state index contributed by atoms with van der Waals surface area (Å²) in [5.41, 5.74) is 2.18. The second-order valence-electron chi connectivity index (χ2n) is 3.94. The van der Waals surface area contributed by atoms with Gasteiger partial charge in [0.2, 0.25) is 0 Å². The molecule has 0 fully saturated rings. The summed E-state index contributed by atoms with van der Waals surface area (Å²) in [5.74, 6) is 0.803. The molecule has 0 aliphatic carbocycles. The zero-order valence-corrected chi connectivity index (χ0v) is 10.5. The average molecular weight is 241 g/mol. The molecule has 0 amide bonds. The predicted octanol–water partition coefficient (Wildman–Crippen LogP) is 2.94. The highest BCUT2D eigenvalue weighted by atomic mass is 16.5. The Morgan fingerprint density at radius 3 is 2.94 bits per heavy atom. The number of hydrogen-bond acceptors (Lipinski definition) is 4. The van der Waals surface area contributed by atoms with Gasteiger partial charge in [0.05, 0.1) is 23.4 Å². The fourth-order valence-electron chi connectivity index (χ4n) is 1.84. The molecule has 2 rings (SSSR count). The first-order valence-electron chi connectivity index (χ1n) is 5.93. The minimum atomic E-state index is 0.539. The number of pyridine rings is 1. The molecule has 0 spiro atoms. The van der Waals surface area contributed by atoms with E-state index in [4.69, 9.17) is 10.00 Å². The summed E-state index contributed by atoms with van der Waals surface area (Å²) < 4.78 is 5.60. The summed E-state index contributed by atoms with van der Waals surface area (Å²) in [6.07, 6.45) is 2.55. The molecule has 0 bridgehead atoms. The molecule has 0 radical (unpaired) electrons. The maximum Gasteiger partial charge on any atom is 0.120 e. The van der Waals surface area contributed by atoms with Crippen molar-refractivity contribution in [2.24, 2.45) is 0 Å². The highest BCUT2D eigenvalue weighted by Crippen LogP contribution is 2.28. The highest BCUT2D eigenvalue weighted by Gasteiger charge is 2.08. The maximum absolute atomic E-state index is 9.06. The van der Waals surface area contributed by atoms with Gasteiger partial charge in [-0.25, -0.2) is 0 Å². The molecule has 1 aromatic carbocycles. The first-order chi connectivity index (χ1) is 8.80. The van der Waals surface area contributed by atoms with Crippen molar-refractivity contribution in [2.75, 3.05) is 19.0 Å². The van der Waals surface area contributed by atoms with E-state index in [-0.39, 0.29) is 0 Å². The number of aromatic nitrogens is 1. The van der Waals surface area contributed by atoms with Gasteiger partial charge in [-0.05, 0) is 24.6 Å². The third-order valence-electron chi connectivity index (χ3n) is 2.68. The fraction of sp³-hybridized carbons (Fsp3) is 0.286. The number of benzene rings is 1. The molecule has 92 valence electrons. The summed E-state index contributed by atoms with van der Waals surface area (Å²) in [5, 5.41) is 13.0. The molecule has 2 aromatic rings. The van der Waals surface area contributed by atoms with E-state index in [2.05, 4.69) is 23.3 Å². The molecule has 0 atom stereocenters. The van der Waals surface area contributed by atoms with Crippen molar-refractivity contribution in [1.29, 1.82) is 5.26 Å². The lowest BCUT2D eigenvalue weighted by Gasteiger charge is -2.10. The largest absolute Gasteiger partial charge is 0.494 e. The summed E-state index contributed by atoms with van der Waals surface area (Å²) in [4.78, 5) is 4.26. The van der Waals surface area contributed by atoms with Crippen molar-refractivity contribution in [3.8, 4) is 11.8 Å². The first-order valence-corrected chi connectivity index (χ1v) is 5.93. The summed E-state index contributed by atoms with van der Waals surface area (Å²) >= 11 is 0. The number of ether oxygens (including phenoxy) is 1. The second kappa shape index (κ2) is 5.37. The van der Waals surface area contributed by atoms with Crippen LogP contribution in [0.25, 0.3) is 10.9 Å². The molecule has 0 unspecified atom stereocenters. The average Bonchev–Trinajstić information content (AvgIpc) is 2.43. The van der Waals surface area contributed by atoms with Gasteiger partial charge in [-0.2, -0.15) is 5.26 Å². The number of hydrogen-bond donors (Lipinski definition) is 1. The van der Waals surface area contributed by atoms with Crippen LogP contribution in [0.5, 0.6) is 5.75 Å². The lowest BCUT2D eigenvalue weighted by Crippen LogP contribution is -1.98. The molecule has 0 saturated carbocycles. The van der Waals surface area contributed by atoms with Gasteiger partial charge in [-0.1, -0.05) is 6.92 Å². The molecule has 0 aliphatic rings. The normalized spacial score (nSPS) is 10.1. The van der Waals surface area contributed by atoms with Gasteiger partial charge in [0.15, 0.2) is 0 Å². The SMILES string of the molecule is CCCOc1ccc2ncc(C#N)c(NC)c2c1. The fourth-order valence-corrected chi connectivity index (χ4v) is 1.84. The monoisotopic (exact) mass is 241 g/mol. The minimum Gasteiger partial charge on any atom is -0.494 e. The Morgan fingerprint density at radius 2 is 2.28 bits per heavy atom. The standard InChI is InChI=1S/C14H15N3O/c1-3-6-18-11-4-5-13-12(7-11)14(16-2)10(8-15)9-17-13/h4-5,7,9H,3,6H2,1-2H3,(H,16,17). The van der Waals surface area contributed by atoms with E-state index in [1.54, 1.807) is 13.2 Å². The predicted molar refractivity (Wildman–Crippen MR) is 71.8 cm³/mol. The van der Waals surface area contributed by atoms with Crippen LogP contribution in [0, 0.1) is 11.3 Å². The maximum atomic E-state index is 9.06. The van der Waals surface area contributed by atoms with Gasteiger partial charge >= 0.3 is 0 Å². The van der Waals surface area contributed by atoms with Crippen LogP contribution in [-0.2, 0) is 0 Å². The van der Waals surface area contributed by atoms with Gasteiger partial charge < -0.3 is 10.1 Å². The molecule has 0 aliphatic heterocycles. The minimum absolute atomic E-state index is 0.539. The lowest BCUT2D eigenvalue weighted by atomic mass is 10.1. The third kappa shape index (κ3) is 2.21. The first kappa shape index (κ1) is 12.2. The van der Waals surface area contributed by atoms with E-state index >= 15 is 0 Å². The second-order valence-corrected chi connectivity index (χ2v) is 3.94. The molecular formula is C14H15N3O. The number of nitrogens with zero attached hydrogens (tertiary/aromatic N) is 2. The Balaban J connectivity index is 2.55. The molecule has 1 N–H and O–H groups in total. The Hall–Kier alpha value is -2.28. The van der Waals surface area contributed by atoms with Gasteiger partial charge in [0, 0.05) is 18.6 Å². The molecule has 18 heavy (non-hydrogen) atoms. The number of fused-ring (bicyclic) bond motifs is 1. The summed E-state index contributed by atoms with van der Waals surface area (Å²) in [6, 6.07) is 7.86. The zero-order chi connectivity index (χ0) is 13.0. The van der Waals surface area contributed by atoms with Crippen molar-refractivity contribution in [2.45, 2.75) is 13.3 Å². The molecule has 4 heteroatoms. The van der Waals surface area contributed by atoms with Crippen molar-refractivity contribution in [1.82, 2.24) is 4.98 Å². The lowest BCUT2D eigenvalue weighted by molar-refractivity contribution is 0.318. The van der Waals surface area contributed by atoms with Gasteiger partial charge in [-0.3, -0.25) is 4.98 Å². The van der Waals surface area contributed by atoms with Gasteiger partial charge in [0.1, 0.15) is 11.8 Å². The summed E-state index contributed by atoms with van der Waals surface area (Å²) in [6.45, 7) is 2.75. The van der Waals surface area contributed by atoms with E-state index in [0.29, 0.717) is 12.2 Å². The van der Waals surface area contributed by atoms with Crippen molar-refractivity contribution < 1.29 is 4.74 Å². The van der Waals surface area contributed by atoms with Gasteiger partial charge in [0.25, 0.3) is 0 Å². The third-order valence-corrected chi connectivity index (χ3v) is 2.68. The number of anilines is 1. The quantitative estimate of drug-likeness (QED) is 0.894. The zero-order valence-electron chi connectivity index (χ0n) is 10.5. The van der Waals surface area contributed by atoms with E-state index in [9.17, 15) is 0 Å². The molecular weight excluding hydrogens is 226 g/mol. The van der Waals surface area contributed by atoms with Crippen molar-refractivity contribution in [3.63, 3.8) is 0 Å². The van der Waals surface area contributed by atoms with Crippen LogP contribution >= 0.6 is 0 Å². The van der Waals surface area contributed by atoms with Gasteiger partial charge in [-0.15, -0.1) is 0 Å². The van der Waals surface area contributed by atoms with Crippen LogP contribution in [-0.4, -0.2) is 18.6 Å². The van der Waals surface area contributed by atoms with Crippen molar-refractivity contribution in [3.05, 3.63) is 30.0 Å². The molecule has 4 nitrogen and oxygen atoms in total. The van der Waals surface area contributed by atoms with E-state index in [1.807, 2.05) is 18.2 Å². The number of rotatable bonds is 4. The van der Waals surface area contributed by atoms with Crippen molar-refractivity contribution >= 4 is 16.6 Å².